The molecule has 8 heteroatoms. The molecule has 0 atom stereocenters. The molecule has 0 aliphatic carbocycles. The van der Waals surface area contributed by atoms with E-state index in [1.807, 2.05) is 6.07 Å². The van der Waals surface area contributed by atoms with E-state index in [4.69, 9.17) is 19.3 Å². The fourth-order valence-corrected chi connectivity index (χ4v) is 2.89. The summed E-state index contributed by atoms with van der Waals surface area (Å²) >= 11 is 0. The molecule has 1 aromatic heterocycles. The minimum Gasteiger partial charge on any atom is -0.497 e. The monoisotopic (exact) mass is 404 g/mol. The van der Waals surface area contributed by atoms with E-state index in [0.29, 0.717) is 39.5 Å². The summed E-state index contributed by atoms with van der Waals surface area (Å²) in [7, 11) is 5.64. The number of aliphatic hydroxyl groups excluding tert-OH is 1. The second-order valence-electron chi connectivity index (χ2n) is 5.70. The normalized spacial score (nSPS) is 9.43. The van der Waals surface area contributed by atoms with Gasteiger partial charge in [-0.25, -0.2) is 0 Å². The van der Waals surface area contributed by atoms with Gasteiger partial charge in [-0.2, -0.15) is 10.5 Å². The van der Waals surface area contributed by atoms with Crippen LogP contribution in [0, 0.1) is 22.7 Å². The van der Waals surface area contributed by atoms with Crippen LogP contribution in [-0.2, 0) is 0 Å². The van der Waals surface area contributed by atoms with Crippen LogP contribution in [0.3, 0.4) is 0 Å². The maximum Gasteiger partial charge on any atom is 0.171 e. The Morgan fingerprint density at radius 1 is 0.700 bits per heavy atom. The SMILES string of the molecule is CO.COc1cccc(-c2c(C#N)nnc(C#N)c2-c2cc(OC)cc(OC)c2)c1. The van der Waals surface area contributed by atoms with Crippen LogP contribution in [0.1, 0.15) is 11.4 Å². The molecule has 0 aliphatic rings. The summed E-state index contributed by atoms with van der Waals surface area (Å²) in [4.78, 5) is 0. The van der Waals surface area contributed by atoms with Crippen LogP contribution in [0.15, 0.2) is 42.5 Å². The van der Waals surface area contributed by atoms with Crippen LogP contribution >= 0.6 is 0 Å². The highest BCUT2D eigenvalue weighted by atomic mass is 16.5. The Morgan fingerprint density at radius 2 is 1.17 bits per heavy atom. The van der Waals surface area contributed by atoms with E-state index in [2.05, 4.69) is 22.3 Å². The first-order valence-corrected chi connectivity index (χ1v) is 8.68. The summed E-state index contributed by atoms with van der Waals surface area (Å²) in [6.45, 7) is 0. The molecular formula is C22H20N4O4. The van der Waals surface area contributed by atoms with E-state index in [1.54, 1.807) is 43.5 Å². The number of aromatic nitrogens is 2. The lowest BCUT2D eigenvalue weighted by molar-refractivity contribution is 0.394. The Balaban J connectivity index is 0.00000155. The van der Waals surface area contributed by atoms with Crippen molar-refractivity contribution in [2.24, 2.45) is 0 Å². The predicted molar refractivity (Wildman–Crippen MR) is 110 cm³/mol. The number of rotatable bonds is 5. The quantitative estimate of drug-likeness (QED) is 0.688. The summed E-state index contributed by atoms with van der Waals surface area (Å²) in [5, 5.41) is 34.1. The van der Waals surface area contributed by atoms with Crippen LogP contribution < -0.4 is 14.2 Å². The van der Waals surface area contributed by atoms with Crippen LogP contribution in [-0.4, -0.2) is 43.7 Å². The number of ether oxygens (including phenoxy) is 3. The predicted octanol–water partition coefficient (Wildman–Crippen LogP) is 3.19. The standard InChI is InChI=1S/C21H16N4O3.CH4O/c1-26-15-6-4-5-13(7-15)20-18(11-22)24-25-19(12-23)21(20)14-8-16(27-2)10-17(9-14)28-3;1-2/h4-10H,1-3H3;2H,1H3. The van der Waals surface area contributed by atoms with Gasteiger partial charge in [-0.3, -0.25) is 0 Å². The second kappa shape index (κ2) is 10.4. The van der Waals surface area contributed by atoms with Gasteiger partial charge < -0.3 is 19.3 Å². The van der Waals surface area contributed by atoms with Gasteiger partial charge in [-0.1, -0.05) is 12.1 Å². The molecule has 0 bridgehead atoms. The van der Waals surface area contributed by atoms with Gasteiger partial charge in [-0.15, -0.1) is 10.2 Å². The van der Waals surface area contributed by atoms with Gasteiger partial charge in [0.15, 0.2) is 11.4 Å². The minimum absolute atomic E-state index is 0.0899. The lowest BCUT2D eigenvalue weighted by Gasteiger charge is -2.15. The molecule has 0 spiro atoms. The third-order valence-corrected chi connectivity index (χ3v) is 4.18. The highest BCUT2D eigenvalue weighted by Crippen LogP contribution is 2.39. The zero-order valence-corrected chi connectivity index (χ0v) is 17.0. The maximum absolute atomic E-state index is 9.65. The number of hydrogen-bond acceptors (Lipinski definition) is 8. The van der Waals surface area contributed by atoms with Crippen molar-refractivity contribution in [3.63, 3.8) is 0 Å². The van der Waals surface area contributed by atoms with Crippen molar-refractivity contribution in [3.05, 3.63) is 53.9 Å². The zero-order valence-electron chi connectivity index (χ0n) is 17.0. The summed E-state index contributed by atoms with van der Waals surface area (Å²) in [6, 6.07) is 16.6. The van der Waals surface area contributed by atoms with Gasteiger partial charge in [0.2, 0.25) is 0 Å². The van der Waals surface area contributed by atoms with Crippen molar-refractivity contribution in [1.82, 2.24) is 10.2 Å². The Morgan fingerprint density at radius 3 is 1.63 bits per heavy atom. The smallest absolute Gasteiger partial charge is 0.171 e. The lowest BCUT2D eigenvalue weighted by atomic mass is 9.92. The van der Waals surface area contributed by atoms with E-state index in [0.717, 1.165) is 7.11 Å². The highest BCUT2D eigenvalue weighted by Gasteiger charge is 2.21. The number of nitriles is 2. The van der Waals surface area contributed by atoms with Gasteiger partial charge >= 0.3 is 0 Å². The van der Waals surface area contributed by atoms with Crippen LogP contribution in [0.25, 0.3) is 22.3 Å². The molecule has 2 aromatic carbocycles. The fraction of sp³-hybridized carbons (Fsp3) is 0.182. The minimum atomic E-state index is 0.0899. The topological polar surface area (TPSA) is 121 Å². The molecule has 0 unspecified atom stereocenters. The summed E-state index contributed by atoms with van der Waals surface area (Å²) in [5.41, 5.74) is 2.45. The fourth-order valence-electron chi connectivity index (χ4n) is 2.89. The van der Waals surface area contributed by atoms with Crippen molar-refractivity contribution < 1.29 is 19.3 Å². The summed E-state index contributed by atoms with van der Waals surface area (Å²) in [5.74, 6) is 1.71. The molecule has 30 heavy (non-hydrogen) atoms. The van der Waals surface area contributed by atoms with E-state index in [-0.39, 0.29) is 11.4 Å². The third kappa shape index (κ3) is 4.46. The van der Waals surface area contributed by atoms with Gasteiger partial charge in [-0.05, 0) is 35.4 Å². The third-order valence-electron chi connectivity index (χ3n) is 4.18. The first-order chi connectivity index (χ1) is 14.6. The van der Waals surface area contributed by atoms with Crippen molar-refractivity contribution in [2.45, 2.75) is 0 Å². The lowest BCUT2D eigenvalue weighted by Crippen LogP contribution is -2.02. The molecule has 8 nitrogen and oxygen atoms in total. The van der Waals surface area contributed by atoms with E-state index in [1.165, 1.54) is 14.2 Å². The van der Waals surface area contributed by atoms with Crippen LogP contribution in [0.4, 0.5) is 0 Å². The van der Waals surface area contributed by atoms with Crippen LogP contribution in [0.5, 0.6) is 17.2 Å². The van der Waals surface area contributed by atoms with Crippen molar-refractivity contribution in [3.8, 4) is 51.6 Å². The second-order valence-corrected chi connectivity index (χ2v) is 5.70. The highest BCUT2D eigenvalue weighted by molar-refractivity contribution is 5.89. The molecule has 0 fully saturated rings. The van der Waals surface area contributed by atoms with E-state index in [9.17, 15) is 10.5 Å². The van der Waals surface area contributed by atoms with Crippen molar-refractivity contribution in [2.75, 3.05) is 28.4 Å². The molecule has 3 aromatic rings. The molecule has 1 N–H and O–H groups in total. The number of hydrogen-bond donors (Lipinski definition) is 1. The van der Waals surface area contributed by atoms with Gasteiger partial charge in [0.05, 0.1) is 21.3 Å². The number of aliphatic hydroxyl groups is 1. The van der Waals surface area contributed by atoms with Gasteiger partial charge in [0.25, 0.3) is 0 Å². The average Bonchev–Trinajstić information content (AvgIpc) is 2.83. The molecule has 152 valence electrons. The molecule has 0 saturated carbocycles. The van der Waals surface area contributed by atoms with E-state index < -0.39 is 0 Å². The van der Waals surface area contributed by atoms with Crippen molar-refractivity contribution in [1.29, 1.82) is 10.5 Å². The average molecular weight is 404 g/mol. The Bertz CT molecular complexity index is 1090. The zero-order chi connectivity index (χ0) is 22.1. The van der Waals surface area contributed by atoms with Gasteiger partial charge in [0.1, 0.15) is 29.4 Å². The Kier molecular flexibility index (Phi) is 7.69. The molecule has 0 radical (unpaired) electrons. The molecular weight excluding hydrogens is 384 g/mol. The molecule has 1 heterocycles. The first-order valence-electron chi connectivity index (χ1n) is 8.68. The largest absolute Gasteiger partial charge is 0.497 e. The van der Waals surface area contributed by atoms with Crippen molar-refractivity contribution >= 4 is 0 Å². The summed E-state index contributed by atoms with van der Waals surface area (Å²) < 4.78 is 16.0. The molecule has 0 saturated heterocycles. The Labute approximate surface area is 174 Å². The number of methoxy groups -OCH3 is 3. The molecule has 0 aliphatic heterocycles. The summed E-state index contributed by atoms with van der Waals surface area (Å²) in [6.07, 6.45) is 0. The number of benzene rings is 2. The first kappa shape index (κ1) is 22.2. The number of nitrogens with zero attached hydrogens (tertiary/aromatic N) is 4. The maximum atomic E-state index is 9.65. The van der Waals surface area contributed by atoms with Crippen LogP contribution in [0.2, 0.25) is 0 Å². The van der Waals surface area contributed by atoms with Gasteiger partial charge in [0, 0.05) is 24.3 Å². The molecule has 3 rings (SSSR count). The molecule has 0 amide bonds. The van der Waals surface area contributed by atoms with E-state index >= 15 is 0 Å². The Hall–Kier alpha value is -4.14.